The van der Waals surface area contributed by atoms with Gasteiger partial charge in [-0.2, -0.15) is 0 Å². The third kappa shape index (κ3) is 8.03. The van der Waals surface area contributed by atoms with Crippen LogP contribution in [-0.4, -0.2) is 16.3 Å². The molecule has 228 valence electrons. The van der Waals surface area contributed by atoms with Crippen LogP contribution >= 0.6 is 0 Å². The van der Waals surface area contributed by atoms with Crippen LogP contribution in [0.15, 0.2) is 84.9 Å². The average molecular weight is 591 g/mol. The summed E-state index contributed by atoms with van der Waals surface area (Å²) in [6.07, 6.45) is 13.9. The molecule has 0 radical (unpaired) electrons. The van der Waals surface area contributed by atoms with E-state index in [-0.39, 0.29) is 18.3 Å². The monoisotopic (exact) mass is 590 g/mol. The lowest BCUT2D eigenvalue weighted by molar-refractivity contribution is -0.656. The van der Waals surface area contributed by atoms with Crippen molar-refractivity contribution in [1.29, 1.82) is 0 Å². The summed E-state index contributed by atoms with van der Waals surface area (Å²) in [6, 6.07) is 28.8. The largest absolute Gasteiger partial charge is 1.00 e. The second kappa shape index (κ2) is 17.5. The van der Waals surface area contributed by atoms with E-state index in [0.29, 0.717) is 6.73 Å². The number of halogens is 1. The summed E-state index contributed by atoms with van der Waals surface area (Å²) in [5.41, 5.74) is 2.89. The van der Waals surface area contributed by atoms with E-state index in [0.717, 1.165) is 47.4 Å². The first-order valence-corrected chi connectivity index (χ1v) is 16.0. The lowest BCUT2D eigenvalue weighted by Gasteiger charge is -2.35. The highest BCUT2D eigenvalue weighted by molar-refractivity contribution is 5.72. The van der Waals surface area contributed by atoms with E-state index in [2.05, 4.69) is 54.3 Å². The van der Waals surface area contributed by atoms with Gasteiger partial charge >= 0.3 is 0 Å². The van der Waals surface area contributed by atoms with Crippen molar-refractivity contribution < 1.29 is 26.8 Å². The fraction of sp³-hybridized carbons (Fsp3) is 0.486. The SMILES string of the molecule is CCCCCCCCCCCCOCn1c(C(CC)C(O)(c2ccccc2)c2ccccc2)[n+](C)c2ccccc21.[Cl-]. The summed E-state index contributed by atoms with van der Waals surface area (Å²) in [7, 11) is 2.12. The van der Waals surface area contributed by atoms with Crippen LogP contribution in [0.5, 0.6) is 0 Å². The highest BCUT2D eigenvalue weighted by Gasteiger charge is 2.46. The molecule has 4 rings (SSSR count). The minimum Gasteiger partial charge on any atom is -1.00 e. The van der Waals surface area contributed by atoms with E-state index in [1.807, 2.05) is 60.7 Å². The van der Waals surface area contributed by atoms with E-state index in [1.54, 1.807) is 0 Å². The molecular formula is C37H51ClN2O2. The summed E-state index contributed by atoms with van der Waals surface area (Å²) in [6.45, 7) is 5.68. The molecule has 0 amide bonds. The van der Waals surface area contributed by atoms with Crippen LogP contribution < -0.4 is 17.0 Å². The van der Waals surface area contributed by atoms with Crippen molar-refractivity contribution in [2.45, 2.75) is 103 Å². The van der Waals surface area contributed by atoms with Gasteiger partial charge in [0, 0.05) is 0 Å². The molecule has 0 aliphatic heterocycles. The van der Waals surface area contributed by atoms with Crippen molar-refractivity contribution in [2.24, 2.45) is 7.05 Å². The van der Waals surface area contributed by atoms with Gasteiger partial charge in [0.25, 0.3) is 5.82 Å². The highest BCUT2D eigenvalue weighted by Crippen LogP contribution is 2.44. The predicted molar refractivity (Wildman–Crippen MR) is 170 cm³/mol. The van der Waals surface area contributed by atoms with Crippen LogP contribution in [-0.2, 0) is 24.1 Å². The minimum absolute atomic E-state index is 0. The van der Waals surface area contributed by atoms with Gasteiger partial charge in [-0.25, -0.2) is 9.13 Å². The fourth-order valence-electron chi connectivity index (χ4n) is 6.43. The number of hydrogen-bond donors (Lipinski definition) is 1. The van der Waals surface area contributed by atoms with E-state index in [9.17, 15) is 5.11 Å². The van der Waals surface area contributed by atoms with Crippen LogP contribution in [0.1, 0.15) is 107 Å². The molecule has 1 atom stereocenters. The van der Waals surface area contributed by atoms with Gasteiger partial charge in [-0.05, 0) is 36.1 Å². The number of benzene rings is 3. The lowest BCUT2D eigenvalue weighted by atomic mass is 9.74. The Morgan fingerprint density at radius 1 is 0.714 bits per heavy atom. The van der Waals surface area contributed by atoms with E-state index in [1.165, 1.54) is 57.8 Å². The summed E-state index contributed by atoms with van der Waals surface area (Å²) in [4.78, 5) is 0. The van der Waals surface area contributed by atoms with E-state index < -0.39 is 5.60 Å². The molecule has 3 aromatic carbocycles. The molecule has 0 fully saturated rings. The Balaban J connectivity index is 0.00000484. The number of para-hydroxylation sites is 2. The molecule has 1 heterocycles. The summed E-state index contributed by atoms with van der Waals surface area (Å²) < 4.78 is 10.9. The summed E-state index contributed by atoms with van der Waals surface area (Å²) >= 11 is 0. The van der Waals surface area contributed by atoms with Crippen molar-refractivity contribution in [3.8, 4) is 0 Å². The topological polar surface area (TPSA) is 38.3 Å². The van der Waals surface area contributed by atoms with Gasteiger partial charge in [-0.15, -0.1) is 0 Å². The number of aromatic nitrogens is 2. The third-order valence-corrected chi connectivity index (χ3v) is 8.67. The Labute approximate surface area is 260 Å². The Morgan fingerprint density at radius 2 is 1.21 bits per heavy atom. The van der Waals surface area contributed by atoms with Crippen LogP contribution in [0.2, 0.25) is 0 Å². The smallest absolute Gasteiger partial charge is 0.265 e. The van der Waals surface area contributed by atoms with Crippen LogP contribution in [0, 0.1) is 0 Å². The third-order valence-electron chi connectivity index (χ3n) is 8.67. The number of aryl methyl sites for hydroxylation is 1. The molecule has 0 bridgehead atoms. The molecule has 1 aromatic heterocycles. The van der Waals surface area contributed by atoms with Gasteiger partial charge < -0.3 is 22.3 Å². The zero-order valence-electron chi connectivity index (χ0n) is 26.0. The van der Waals surface area contributed by atoms with Crippen molar-refractivity contribution in [1.82, 2.24) is 4.57 Å². The lowest BCUT2D eigenvalue weighted by Crippen LogP contribution is -3.00. The van der Waals surface area contributed by atoms with Crippen LogP contribution in [0.25, 0.3) is 11.0 Å². The molecule has 1 N–H and O–H groups in total. The van der Waals surface area contributed by atoms with Crippen molar-refractivity contribution in [3.05, 3.63) is 102 Å². The molecular weight excluding hydrogens is 540 g/mol. The van der Waals surface area contributed by atoms with Gasteiger partial charge in [0.15, 0.2) is 17.8 Å². The summed E-state index contributed by atoms with van der Waals surface area (Å²) in [5.74, 6) is 0.887. The van der Waals surface area contributed by atoms with E-state index >= 15 is 0 Å². The van der Waals surface area contributed by atoms with Crippen LogP contribution in [0.4, 0.5) is 0 Å². The molecule has 4 nitrogen and oxygen atoms in total. The molecule has 0 spiro atoms. The highest BCUT2D eigenvalue weighted by atomic mass is 35.5. The maximum atomic E-state index is 12.7. The molecule has 0 aliphatic rings. The van der Waals surface area contributed by atoms with Gasteiger partial charge in [0.05, 0.1) is 19.6 Å². The first-order valence-electron chi connectivity index (χ1n) is 16.0. The number of imidazole rings is 1. The zero-order valence-corrected chi connectivity index (χ0v) is 26.7. The molecule has 5 heteroatoms. The second-order valence-corrected chi connectivity index (χ2v) is 11.5. The van der Waals surface area contributed by atoms with Gasteiger partial charge in [-0.1, -0.05) is 144 Å². The number of rotatable bonds is 18. The van der Waals surface area contributed by atoms with Gasteiger partial charge in [-0.3, -0.25) is 0 Å². The van der Waals surface area contributed by atoms with Gasteiger partial charge in [0.1, 0.15) is 5.60 Å². The Kier molecular flexibility index (Phi) is 14.1. The fourth-order valence-corrected chi connectivity index (χ4v) is 6.43. The first kappa shape index (κ1) is 33.8. The Bertz CT molecular complexity index is 1270. The maximum Gasteiger partial charge on any atom is 0.265 e. The number of ether oxygens (including phenoxy) is 1. The first-order chi connectivity index (χ1) is 20.1. The number of unbranched alkanes of at least 4 members (excludes halogenated alkanes) is 9. The summed E-state index contributed by atoms with van der Waals surface area (Å²) in [5, 5.41) is 12.7. The number of aliphatic hydroxyl groups is 1. The zero-order chi connectivity index (χ0) is 28.9. The van der Waals surface area contributed by atoms with E-state index in [4.69, 9.17) is 4.74 Å². The van der Waals surface area contributed by atoms with Crippen molar-refractivity contribution in [3.63, 3.8) is 0 Å². The molecule has 1 unspecified atom stereocenters. The average Bonchev–Trinajstić information content (AvgIpc) is 3.29. The number of hydrogen-bond acceptors (Lipinski definition) is 2. The Hall–Kier alpha value is -2.66. The molecule has 42 heavy (non-hydrogen) atoms. The quantitative estimate of drug-likeness (QED) is 0.118. The molecule has 0 aliphatic carbocycles. The Morgan fingerprint density at radius 3 is 1.76 bits per heavy atom. The minimum atomic E-state index is -1.20. The number of nitrogens with zero attached hydrogens (tertiary/aromatic N) is 2. The maximum absolute atomic E-state index is 12.7. The van der Waals surface area contributed by atoms with Gasteiger partial charge in [0.2, 0.25) is 0 Å². The van der Waals surface area contributed by atoms with Crippen molar-refractivity contribution in [2.75, 3.05) is 6.61 Å². The molecule has 0 saturated heterocycles. The predicted octanol–water partition coefficient (Wildman–Crippen LogP) is 5.79. The van der Waals surface area contributed by atoms with Crippen molar-refractivity contribution >= 4 is 11.0 Å². The number of fused-ring (bicyclic) bond motifs is 1. The normalized spacial score (nSPS) is 12.4. The standard InChI is InChI=1S/C37H51N2O2.ClH/c1-4-6-7-8-9-10-11-12-13-22-29-41-30-39-35-28-21-20-27-34(35)38(3)36(39)33(5-2)37(40,31-23-16-14-17-24-31)32-25-18-15-19-26-32;/h14-21,23-28,33,40H,4-13,22,29-30H2,1-3H3;1H/q+1;/p-1. The molecule has 0 saturated carbocycles. The second-order valence-electron chi connectivity index (χ2n) is 11.5. The van der Waals surface area contributed by atoms with Crippen LogP contribution in [0.3, 0.4) is 0 Å². The molecule has 4 aromatic rings.